The average Bonchev–Trinajstić information content (AvgIpc) is 2.15. The summed E-state index contributed by atoms with van der Waals surface area (Å²) in [6.45, 7) is 8.18. The smallest absolute Gasteiger partial charge is 0.193 e. The van der Waals surface area contributed by atoms with E-state index in [1.54, 1.807) is 0 Å². The number of nitrogens with one attached hydrogen (secondary N) is 1. The summed E-state index contributed by atoms with van der Waals surface area (Å²) in [5.41, 5.74) is 2.93. The minimum absolute atomic E-state index is 0.118. The molecular weight excluding hydrogens is 198 g/mol. The molecular formula is C14H17NO. The molecule has 0 amide bonds. The first-order chi connectivity index (χ1) is 7.39. The molecule has 2 aromatic rings. The van der Waals surface area contributed by atoms with Crippen molar-refractivity contribution < 1.29 is 0 Å². The van der Waals surface area contributed by atoms with E-state index in [0.717, 1.165) is 22.0 Å². The molecule has 2 rings (SSSR count). The topological polar surface area (TPSA) is 32.9 Å². The van der Waals surface area contributed by atoms with Gasteiger partial charge in [-0.1, -0.05) is 26.8 Å². The fourth-order valence-electron chi connectivity index (χ4n) is 1.89. The van der Waals surface area contributed by atoms with Gasteiger partial charge >= 0.3 is 0 Å². The zero-order valence-electron chi connectivity index (χ0n) is 10.2. The number of aromatic amines is 1. The van der Waals surface area contributed by atoms with Gasteiger partial charge in [-0.2, -0.15) is 0 Å². The molecule has 1 heterocycles. The molecule has 0 bridgehead atoms. The van der Waals surface area contributed by atoms with Gasteiger partial charge in [0.15, 0.2) is 5.43 Å². The van der Waals surface area contributed by atoms with E-state index in [9.17, 15) is 4.79 Å². The molecule has 0 radical (unpaired) electrons. The highest BCUT2D eigenvalue weighted by atomic mass is 16.1. The number of hydrogen-bond acceptors (Lipinski definition) is 1. The van der Waals surface area contributed by atoms with Crippen molar-refractivity contribution in [2.45, 2.75) is 33.1 Å². The molecule has 84 valence electrons. The summed E-state index contributed by atoms with van der Waals surface area (Å²) in [4.78, 5) is 15.5. The first-order valence-corrected chi connectivity index (χ1v) is 5.52. The maximum atomic E-state index is 12.3. The van der Waals surface area contributed by atoms with Crippen molar-refractivity contribution in [3.8, 4) is 0 Å². The fourth-order valence-corrected chi connectivity index (χ4v) is 1.89. The number of pyridine rings is 1. The number of H-pyrrole nitrogens is 1. The third kappa shape index (κ3) is 1.75. The number of fused-ring (bicyclic) bond motifs is 1. The van der Waals surface area contributed by atoms with Crippen LogP contribution in [0, 0.1) is 6.92 Å². The SMILES string of the molecule is Cc1ccc2c(=O)c(C(C)(C)C)c[nH]c2c1. The Morgan fingerprint density at radius 1 is 1.19 bits per heavy atom. The Balaban J connectivity index is 2.81. The van der Waals surface area contributed by atoms with E-state index in [-0.39, 0.29) is 10.8 Å². The van der Waals surface area contributed by atoms with Gasteiger partial charge in [0.25, 0.3) is 0 Å². The summed E-state index contributed by atoms with van der Waals surface area (Å²) in [6, 6.07) is 5.88. The summed E-state index contributed by atoms with van der Waals surface area (Å²) < 4.78 is 0. The Kier molecular flexibility index (Phi) is 2.38. The molecule has 0 atom stereocenters. The highest BCUT2D eigenvalue weighted by Crippen LogP contribution is 2.20. The van der Waals surface area contributed by atoms with Crippen LogP contribution in [0.25, 0.3) is 10.9 Å². The van der Waals surface area contributed by atoms with Gasteiger partial charge in [0.05, 0.1) is 0 Å². The first kappa shape index (κ1) is 10.9. The minimum atomic E-state index is -0.118. The lowest BCUT2D eigenvalue weighted by Gasteiger charge is -2.18. The van der Waals surface area contributed by atoms with Crippen LogP contribution in [0.4, 0.5) is 0 Å². The summed E-state index contributed by atoms with van der Waals surface area (Å²) in [7, 11) is 0. The van der Waals surface area contributed by atoms with Gasteiger partial charge in [0, 0.05) is 22.7 Å². The molecule has 1 N–H and O–H groups in total. The second kappa shape index (κ2) is 3.48. The number of rotatable bonds is 0. The molecule has 2 nitrogen and oxygen atoms in total. The summed E-state index contributed by atoms with van der Waals surface area (Å²) in [5, 5.41) is 0.776. The predicted molar refractivity (Wildman–Crippen MR) is 68.0 cm³/mol. The zero-order chi connectivity index (χ0) is 11.9. The number of hydrogen-bond donors (Lipinski definition) is 1. The summed E-state index contributed by atoms with van der Waals surface area (Å²) in [6.07, 6.45) is 1.84. The number of benzene rings is 1. The van der Waals surface area contributed by atoms with E-state index in [1.807, 2.05) is 31.3 Å². The van der Waals surface area contributed by atoms with Crippen molar-refractivity contribution in [2.24, 2.45) is 0 Å². The van der Waals surface area contributed by atoms with Gasteiger partial charge in [0.2, 0.25) is 0 Å². The number of aromatic nitrogens is 1. The van der Waals surface area contributed by atoms with Crippen LogP contribution < -0.4 is 5.43 Å². The van der Waals surface area contributed by atoms with Gasteiger partial charge in [-0.3, -0.25) is 4.79 Å². The standard InChI is InChI=1S/C14H17NO/c1-9-5-6-10-12(7-9)15-8-11(13(10)16)14(2,3)4/h5-8H,1-4H3,(H,15,16). The molecule has 16 heavy (non-hydrogen) atoms. The second-order valence-corrected chi connectivity index (χ2v) is 5.33. The summed E-state index contributed by atoms with van der Waals surface area (Å²) >= 11 is 0. The average molecular weight is 215 g/mol. The van der Waals surface area contributed by atoms with Crippen LogP contribution in [-0.4, -0.2) is 4.98 Å². The monoisotopic (exact) mass is 215 g/mol. The Morgan fingerprint density at radius 2 is 1.88 bits per heavy atom. The molecule has 0 aliphatic carbocycles. The molecule has 0 saturated heterocycles. The highest BCUT2D eigenvalue weighted by molar-refractivity contribution is 5.79. The quantitative estimate of drug-likeness (QED) is 0.719. The van der Waals surface area contributed by atoms with Gasteiger partial charge < -0.3 is 4.98 Å². The van der Waals surface area contributed by atoms with Crippen molar-refractivity contribution >= 4 is 10.9 Å². The molecule has 1 aromatic carbocycles. The van der Waals surface area contributed by atoms with E-state index in [4.69, 9.17) is 0 Å². The molecule has 0 fully saturated rings. The lowest BCUT2D eigenvalue weighted by molar-refractivity contribution is 0.584. The maximum Gasteiger partial charge on any atom is 0.193 e. The van der Waals surface area contributed by atoms with Gasteiger partial charge in [-0.25, -0.2) is 0 Å². The van der Waals surface area contributed by atoms with E-state index in [0.29, 0.717) is 0 Å². The first-order valence-electron chi connectivity index (χ1n) is 5.52. The van der Waals surface area contributed by atoms with Crippen LogP contribution in [0.5, 0.6) is 0 Å². The Morgan fingerprint density at radius 3 is 2.50 bits per heavy atom. The molecule has 2 heteroatoms. The van der Waals surface area contributed by atoms with Crippen LogP contribution in [0.2, 0.25) is 0 Å². The van der Waals surface area contributed by atoms with Crippen LogP contribution in [0.1, 0.15) is 31.9 Å². The largest absolute Gasteiger partial charge is 0.361 e. The van der Waals surface area contributed by atoms with Gasteiger partial charge in [-0.15, -0.1) is 0 Å². The molecule has 0 unspecified atom stereocenters. The fraction of sp³-hybridized carbons (Fsp3) is 0.357. The van der Waals surface area contributed by atoms with Crippen molar-refractivity contribution in [1.82, 2.24) is 4.98 Å². The molecule has 0 saturated carbocycles. The lowest BCUT2D eigenvalue weighted by atomic mass is 9.87. The van der Waals surface area contributed by atoms with E-state index < -0.39 is 0 Å². The Labute approximate surface area is 95.3 Å². The Hall–Kier alpha value is -1.57. The van der Waals surface area contributed by atoms with Crippen molar-refractivity contribution in [3.05, 3.63) is 45.7 Å². The van der Waals surface area contributed by atoms with Crippen molar-refractivity contribution in [1.29, 1.82) is 0 Å². The minimum Gasteiger partial charge on any atom is -0.361 e. The molecule has 1 aromatic heterocycles. The summed E-state index contributed by atoms with van der Waals surface area (Å²) in [5.74, 6) is 0. The molecule has 0 spiro atoms. The van der Waals surface area contributed by atoms with Crippen molar-refractivity contribution in [2.75, 3.05) is 0 Å². The van der Waals surface area contributed by atoms with Crippen LogP contribution in [-0.2, 0) is 5.41 Å². The van der Waals surface area contributed by atoms with Crippen LogP contribution in [0.15, 0.2) is 29.2 Å². The van der Waals surface area contributed by atoms with E-state index >= 15 is 0 Å². The maximum absolute atomic E-state index is 12.3. The van der Waals surface area contributed by atoms with E-state index in [1.165, 1.54) is 0 Å². The lowest BCUT2D eigenvalue weighted by Crippen LogP contribution is -2.23. The Bertz CT molecular complexity index is 588. The van der Waals surface area contributed by atoms with Crippen LogP contribution >= 0.6 is 0 Å². The normalized spacial score (nSPS) is 12.0. The van der Waals surface area contributed by atoms with Gasteiger partial charge in [0.1, 0.15) is 0 Å². The number of aryl methyl sites for hydroxylation is 1. The van der Waals surface area contributed by atoms with Crippen LogP contribution in [0.3, 0.4) is 0 Å². The molecule has 0 aliphatic rings. The third-order valence-corrected chi connectivity index (χ3v) is 2.84. The van der Waals surface area contributed by atoms with Gasteiger partial charge in [-0.05, 0) is 30.0 Å². The second-order valence-electron chi connectivity index (χ2n) is 5.33. The third-order valence-electron chi connectivity index (χ3n) is 2.84. The predicted octanol–water partition coefficient (Wildman–Crippen LogP) is 3.13. The molecule has 0 aliphatic heterocycles. The van der Waals surface area contributed by atoms with E-state index in [2.05, 4.69) is 25.8 Å². The zero-order valence-corrected chi connectivity index (χ0v) is 10.2. The highest BCUT2D eigenvalue weighted by Gasteiger charge is 2.18. The van der Waals surface area contributed by atoms with Crippen molar-refractivity contribution in [3.63, 3.8) is 0 Å².